The number of benzene rings is 1. The molecular weight excluding hydrogens is 315 g/mol. The summed E-state index contributed by atoms with van der Waals surface area (Å²) in [5, 5.41) is 9.36. The molecule has 114 valence electrons. The number of fused-ring (bicyclic) bond motifs is 1. The number of hydrogen-bond acceptors (Lipinski definition) is 5. The first-order valence-corrected chi connectivity index (χ1v) is 6.83. The highest BCUT2D eigenvalue weighted by Gasteiger charge is 2.50. The first-order valence-electron chi connectivity index (χ1n) is 5.35. The zero-order chi connectivity index (χ0) is 16.0. The van der Waals surface area contributed by atoms with Gasteiger partial charge in [-0.25, -0.2) is 17.8 Å². The molecule has 0 radical (unpaired) electrons. The minimum Gasteiger partial charge on any atom is -0.493 e. The molecule has 0 bridgehead atoms. The average Bonchev–Trinajstić information content (AvgIpc) is 2.69. The molecule has 21 heavy (non-hydrogen) atoms. The molecule has 0 aliphatic heterocycles. The van der Waals surface area contributed by atoms with Crippen LogP contribution in [0.25, 0.3) is 10.9 Å². The number of halogens is 3. The number of aromatic hydroxyl groups is 1. The van der Waals surface area contributed by atoms with E-state index in [-0.39, 0.29) is 5.52 Å². The highest BCUT2D eigenvalue weighted by molar-refractivity contribution is 7.92. The van der Waals surface area contributed by atoms with Crippen molar-refractivity contribution < 1.29 is 36.2 Å². The maximum absolute atomic E-state index is 12.7. The number of carbonyl (C=O) groups is 1. The topological polar surface area (TPSA) is 85.6 Å². The summed E-state index contributed by atoms with van der Waals surface area (Å²) >= 11 is 0. The SMILES string of the molecule is COC(=O)n1c(O)c(S(=O)(=O)C(F)(F)F)c2ccccc21. The third kappa shape index (κ3) is 2.11. The summed E-state index contributed by atoms with van der Waals surface area (Å²) in [5.41, 5.74) is -5.83. The van der Waals surface area contributed by atoms with E-state index in [1.807, 2.05) is 0 Å². The lowest BCUT2D eigenvalue weighted by Crippen LogP contribution is -2.23. The van der Waals surface area contributed by atoms with E-state index in [9.17, 15) is 31.5 Å². The van der Waals surface area contributed by atoms with Crippen LogP contribution in [-0.4, -0.2) is 36.8 Å². The third-order valence-electron chi connectivity index (χ3n) is 2.74. The highest BCUT2D eigenvalue weighted by atomic mass is 32.2. The minimum atomic E-state index is -5.83. The van der Waals surface area contributed by atoms with E-state index in [1.165, 1.54) is 18.2 Å². The van der Waals surface area contributed by atoms with Gasteiger partial charge >= 0.3 is 11.6 Å². The number of nitrogens with zero attached hydrogens (tertiary/aromatic N) is 1. The number of aromatic nitrogens is 1. The van der Waals surface area contributed by atoms with E-state index in [1.54, 1.807) is 0 Å². The molecule has 0 spiro atoms. The van der Waals surface area contributed by atoms with Crippen LogP contribution in [0.3, 0.4) is 0 Å². The molecule has 1 N–H and O–H groups in total. The molecule has 1 aromatic carbocycles. The summed E-state index contributed by atoms with van der Waals surface area (Å²) < 4.78 is 65.9. The van der Waals surface area contributed by atoms with Crippen molar-refractivity contribution in [2.24, 2.45) is 0 Å². The van der Waals surface area contributed by atoms with E-state index in [0.29, 0.717) is 4.57 Å². The average molecular weight is 323 g/mol. The Morgan fingerprint density at radius 3 is 2.38 bits per heavy atom. The summed E-state index contributed by atoms with van der Waals surface area (Å²) in [6.07, 6.45) is -1.22. The standard InChI is InChI=1S/C11H8F3NO5S/c1-20-10(17)15-7-5-3-2-4-6(7)8(9(15)16)21(18,19)11(12,13)14/h2-5,16H,1H3. The molecule has 6 nitrogen and oxygen atoms in total. The van der Waals surface area contributed by atoms with Crippen molar-refractivity contribution >= 4 is 26.8 Å². The second-order valence-corrected chi connectivity index (χ2v) is 5.80. The highest BCUT2D eigenvalue weighted by Crippen LogP contribution is 2.41. The zero-order valence-corrected chi connectivity index (χ0v) is 11.2. The van der Waals surface area contributed by atoms with Gasteiger partial charge in [0.15, 0.2) is 0 Å². The number of alkyl halides is 3. The second-order valence-electron chi connectivity index (χ2n) is 3.92. The quantitative estimate of drug-likeness (QED) is 0.870. The maximum Gasteiger partial charge on any atom is 0.502 e. The predicted molar refractivity (Wildman–Crippen MR) is 64.6 cm³/mol. The fourth-order valence-corrected chi connectivity index (χ4v) is 2.88. The van der Waals surface area contributed by atoms with Gasteiger partial charge in [-0.3, -0.25) is 0 Å². The third-order valence-corrected chi connectivity index (χ3v) is 4.28. The van der Waals surface area contributed by atoms with Crippen LogP contribution in [-0.2, 0) is 14.6 Å². The number of ether oxygens (including phenoxy) is 1. The Labute approximate surface area is 116 Å². The lowest BCUT2D eigenvalue weighted by Gasteiger charge is -2.07. The monoisotopic (exact) mass is 323 g/mol. The fraction of sp³-hybridized carbons (Fsp3) is 0.182. The molecule has 0 unspecified atom stereocenters. The summed E-state index contributed by atoms with van der Waals surface area (Å²) in [6.45, 7) is 0. The van der Waals surface area contributed by atoms with Crippen LogP contribution in [0.2, 0.25) is 0 Å². The van der Waals surface area contributed by atoms with E-state index in [4.69, 9.17) is 0 Å². The van der Waals surface area contributed by atoms with Crippen molar-refractivity contribution in [3.8, 4) is 5.88 Å². The van der Waals surface area contributed by atoms with Gasteiger partial charge in [-0.2, -0.15) is 13.2 Å². The Bertz CT molecular complexity index is 822. The molecule has 10 heteroatoms. The molecule has 0 atom stereocenters. The predicted octanol–water partition coefficient (Wildman–Crippen LogP) is 2.25. The van der Waals surface area contributed by atoms with Crippen LogP contribution < -0.4 is 0 Å². The summed E-state index contributed by atoms with van der Waals surface area (Å²) in [7, 11) is -4.89. The molecule has 0 saturated carbocycles. The molecule has 0 fully saturated rings. The van der Waals surface area contributed by atoms with E-state index < -0.39 is 37.6 Å². The lowest BCUT2D eigenvalue weighted by molar-refractivity contribution is -0.0436. The molecule has 2 rings (SSSR count). The summed E-state index contributed by atoms with van der Waals surface area (Å²) in [4.78, 5) is 10.2. The molecular formula is C11H8F3NO5S. The number of carbonyl (C=O) groups excluding carboxylic acids is 1. The molecule has 0 amide bonds. The van der Waals surface area contributed by atoms with Gasteiger partial charge < -0.3 is 9.84 Å². The summed E-state index contributed by atoms with van der Waals surface area (Å²) in [5.74, 6) is -1.35. The van der Waals surface area contributed by atoms with Crippen LogP contribution in [0.5, 0.6) is 5.88 Å². The molecule has 0 aliphatic rings. The number of sulfone groups is 1. The van der Waals surface area contributed by atoms with E-state index >= 15 is 0 Å². The van der Waals surface area contributed by atoms with Crippen LogP contribution in [0.4, 0.5) is 18.0 Å². The zero-order valence-electron chi connectivity index (χ0n) is 10.4. The van der Waals surface area contributed by atoms with Crippen molar-refractivity contribution in [3.63, 3.8) is 0 Å². The Kier molecular flexibility index (Phi) is 3.36. The number of para-hydroxylation sites is 1. The first kappa shape index (κ1) is 15.2. The van der Waals surface area contributed by atoms with Gasteiger partial charge in [-0.15, -0.1) is 0 Å². The van der Waals surface area contributed by atoms with Crippen molar-refractivity contribution in [2.75, 3.05) is 7.11 Å². The lowest BCUT2D eigenvalue weighted by atomic mass is 10.2. The van der Waals surface area contributed by atoms with Gasteiger partial charge in [0.25, 0.3) is 9.84 Å². The minimum absolute atomic E-state index is 0.218. The van der Waals surface area contributed by atoms with Crippen LogP contribution in [0.1, 0.15) is 0 Å². The van der Waals surface area contributed by atoms with Gasteiger partial charge in [0, 0.05) is 5.39 Å². The summed E-state index contributed by atoms with van der Waals surface area (Å²) in [6, 6.07) is 4.87. The number of methoxy groups -OCH3 is 1. The molecule has 1 heterocycles. The molecule has 0 saturated heterocycles. The number of hydrogen-bond donors (Lipinski definition) is 1. The normalized spacial score (nSPS) is 12.6. The van der Waals surface area contributed by atoms with Gasteiger partial charge in [0.1, 0.15) is 4.90 Å². The molecule has 0 aliphatic carbocycles. The van der Waals surface area contributed by atoms with Crippen LogP contribution >= 0.6 is 0 Å². The van der Waals surface area contributed by atoms with Gasteiger partial charge in [-0.05, 0) is 6.07 Å². The van der Waals surface area contributed by atoms with Crippen LogP contribution in [0, 0.1) is 0 Å². The van der Waals surface area contributed by atoms with E-state index in [0.717, 1.165) is 13.2 Å². The number of rotatable bonds is 1. The Morgan fingerprint density at radius 1 is 1.29 bits per heavy atom. The van der Waals surface area contributed by atoms with Crippen molar-refractivity contribution in [1.29, 1.82) is 0 Å². The van der Waals surface area contributed by atoms with Gasteiger partial charge in [-0.1, -0.05) is 18.2 Å². The van der Waals surface area contributed by atoms with E-state index in [2.05, 4.69) is 4.74 Å². The molecule has 2 aromatic rings. The molecule has 1 aromatic heterocycles. The van der Waals surface area contributed by atoms with Gasteiger partial charge in [0.05, 0.1) is 12.6 Å². The smallest absolute Gasteiger partial charge is 0.493 e. The van der Waals surface area contributed by atoms with Gasteiger partial charge in [0.2, 0.25) is 5.88 Å². The van der Waals surface area contributed by atoms with Crippen molar-refractivity contribution in [1.82, 2.24) is 4.57 Å². The first-order chi connectivity index (χ1) is 9.63. The van der Waals surface area contributed by atoms with Crippen molar-refractivity contribution in [3.05, 3.63) is 24.3 Å². The fourth-order valence-electron chi connectivity index (χ4n) is 1.85. The second kappa shape index (κ2) is 4.65. The Morgan fingerprint density at radius 2 is 1.86 bits per heavy atom. The van der Waals surface area contributed by atoms with Crippen molar-refractivity contribution in [2.45, 2.75) is 10.4 Å². The van der Waals surface area contributed by atoms with Crippen LogP contribution in [0.15, 0.2) is 29.2 Å². The Hall–Kier alpha value is -2.23. The maximum atomic E-state index is 12.7. The largest absolute Gasteiger partial charge is 0.502 e. The Balaban J connectivity index is 2.96.